The van der Waals surface area contributed by atoms with E-state index < -0.39 is 5.97 Å². The number of rotatable bonds is 3. The minimum absolute atomic E-state index is 0.240. The van der Waals surface area contributed by atoms with Gasteiger partial charge in [-0.25, -0.2) is 4.79 Å². The molecule has 1 unspecified atom stereocenters. The summed E-state index contributed by atoms with van der Waals surface area (Å²) in [6.07, 6.45) is 2.36. The molecule has 0 aliphatic carbocycles. The molecule has 3 nitrogen and oxygen atoms in total. The van der Waals surface area contributed by atoms with E-state index >= 15 is 0 Å². The molecule has 0 aromatic heterocycles. The SMILES string of the molecule is C=CC(=O)OC(C)NC.CCl. The molecule has 0 rings (SSSR count). The quantitative estimate of drug-likeness (QED) is 0.306. The highest BCUT2D eigenvalue weighted by Crippen LogP contribution is 1.84. The van der Waals surface area contributed by atoms with Crippen LogP contribution in [0, 0.1) is 0 Å². The van der Waals surface area contributed by atoms with Crippen molar-refractivity contribution in [3.63, 3.8) is 0 Å². The Morgan fingerprint density at radius 3 is 2.45 bits per heavy atom. The minimum Gasteiger partial charge on any atom is -0.444 e. The molecule has 0 saturated carbocycles. The van der Waals surface area contributed by atoms with Crippen molar-refractivity contribution < 1.29 is 9.53 Å². The Morgan fingerprint density at radius 1 is 1.73 bits per heavy atom. The summed E-state index contributed by atoms with van der Waals surface area (Å²) >= 11 is 4.64. The zero-order valence-electron chi connectivity index (χ0n) is 7.06. The summed E-state index contributed by atoms with van der Waals surface area (Å²) < 4.78 is 4.68. The molecule has 0 aromatic carbocycles. The third-order valence-electron chi connectivity index (χ3n) is 0.866. The van der Waals surface area contributed by atoms with Crippen molar-refractivity contribution in [3.05, 3.63) is 12.7 Å². The van der Waals surface area contributed by atoms with Gasteiger partial charge in [0.2, 0.25) is 0 Å². The number of halogens is 1. The fourth-order valence-corrected chi connectivity index (χ4v) is 0.281. The van der Waals surface area contributed by atoms with Crippen molar-refractivity contribution in [1.82, 2.24) is 5.32 Å². The van der Waals surface area contributed by atoms with Crippen LogP contribution >= 0.6 is 11.6 Å². The molecule has 0 fully saturated rings. The maximum atomic E-state index is 10.4. The maximum absolute atomic E-state index is 10.4. The first kappa shape index (κ1) is 13.1. The van der Waals surface area contributed by atoms with Crippen molar-refractivity contribution in [3.8, 4) is 0 Å². The van der Waals surface area contributed by atoms with Crippen LogP contribution in [0.1, 0.15) is 6.92 Å². The highest BCUT2D eigenvalue weighted by Gasteiger charge is 2.00. The highest BCUT2D eigenvalue weighted by molar-refractivity contribution is 6.15. The number of carbonyl (C=O) groups is 1. The zero-order valence-corrected chi connectivity index (χ0v) is 7.81. The molecule has 0 aliphatic heterocycles. The van der Waals surface area contributed by atoms with Gasteiger partial charge in [0, 0.05) is 12.5 Å². The third kappa shape index (κ3) is 9.46. The van der Waals surface area contributed by atoms with Crippen LogP contribution in [0.5, 0.6) is 0 Å². The van der Waals surface area contributed by atoms with Gasteiger partial charge in [0.15, 0.2) is 6.23 Å². The Balaban J connectivity index is 0. The molecular formula is C7H14ClNO2. The molecule has 0 heterocycles. The van der Waals surface area contributed by atoms with Gasteiger partial charge in [-0.05, 0) is 14.0 Å². The summed E-state index contributed by atoms with van der Waals surface area (Å²) in [7, 11) is 1.71. The van der Waals surface area contributed by atoms with Gasteiger partial charge in [-0.2, -0.15) is 0 Å². The lowest BCUT2D eigenvalue weighted by Crippen LogP contribution is -2.26. The number of carbonyl (C=O) groups excluding carboxylic acids is 1. The highest BCUT2D eigenvalue weighted by atomic mass is 35.5. The van der Waals surface area contributed by atoms with Gasteiger partial charge in [-0.1, -0.05) is 6.58 Å². The molecular weight excluding hydrogens is 166 g/mol. The first-order valence-corrected chi connectivity index (χ1v) is 3.84. The average Bonchev–Trinajstić information content (AvgIpc) is 2.07. The van der Waals surface area contributed by atoms with E-state index in [9.17, 15) is 4.79 Å². The summed E-state index contributed by atoms with van der Waals surface area (Å²) in [5.41, 5.74) is 0. The first-order valence-electron chi connectivity index (χ1n) is 3.08. The standard InChI is InChI=1S/C6H11NO2.CH3Cl/c1-4-6(8)9-5(2)7-3;1-2/h4-5,7H,1H2,2-3H3;1H3. The van der Waals surface area contributed by atoms with Crippen LogP contribution in [-0.4, -0.2) is 25.6 Å². The molecule has 11 heavy (non-hydrogen) atoms. The Hall–Kier alpha value is -0.540. The van der Waals surface area contributed by atoms with Crippen LogP contribution in [0.4, 0.5) is 0 Å². The van der Waals surface area contributed by atoms with Crippen LogP contribution in [0.3, 0.4) is 0 Å². The summed E-state index contributed by atoms with van der Waals surface area (Å²) in [5.74, 6) is -0.406. The number of hydrogen-bond donors (Lipinski definition) is 1. The average molecular weight is 180 g/mol. The number of nitrogens with one attached hydrogen (secondary N) is 1. The lowest BCUT2D eigenvalue weighted by molar-refractivity contribution is -0.143. The van der Waals surface area contributed by atoms with E-state index in [1.165, 1.54) is 6.38 Å². The predicted octanol–water partition coefficient (Wildman–Crippen LogP) is 1.14. The number of esters is 1. The van der Waals surface area contributed by atoms with Gasteiger partial charge in [0.05, 0.1) is 0 Å². The summed E-state index contributed by atoms with van der Waals surface area (Å²) in [6, 6.07) is 0. The van der Waals surface area contributed by atoms with Crippen molar-refractivity contribution in [1.29, 1.82) is 0 Å². The van der Waals surface area contributed by atoms with Gasteiger partial charge in [-0.15, -0.1) is 11.6 Å². The largest absolute Gasteiger partial charge is 0.444 e. The second-order valence-electron chi connectivity index (χ2n) is 1.57. The number of hydrogen-bond acceptors (Lipinski definition) is 3. The summed E-state index contributed by atoms with van der Waals surface area (Å²) in [5, 5.41) is 2.74. The van der Waals surface area contributed by atoms with Crippen LogP contribution in [0.2, 0.25) is 0 Å². The maximum Gasteiger partial charge on any atom is 0.331 e. The lowest BCUT2D eigenvalue weighted by Gasteiger charge is -2.08. The Bertz CT molecular complexity index is 117. The lowest BCUT2D eigenvalue weighted by atomic mass is 10.6. The second-order valence-corrected chi connectivity index (χ2v) is 1.57. The summed E-state index contributed by atoms with van der Waals surface area (Å²) in [6.45, 7) is 4.98. The third-order valence-corrected chi connectivity index (χ3v) is 0.866. The summed E-state index contributed by atoms with van der Waals surface area (Å²) in [4.78, 5) is 10.4. The van der Waals surface area contributed by atoms with E-state index in [1.54, 1.807) is 14.0 Å². The van der Waals surface area contributed by atoms with Crippen molar-refractivity contribution in [2.75, 3.05) is 13.4 Å². The van der Waals surface area contributed by atoms with Gasteiger partial charge in [0.1, 0.15) is 0 Å². The molecule has 0 spiro atoms. The molecule has 0 aromatic rings. The van der Waals surface area contributed by atoms with E-state index in [4.69, 9.17) is 0 Å². The Kier molecular flexibility index (Phi) is 11.2. The van der Waals surface area contributed by atoms with Crippen LogP contribution in [-0.2, 0) is 9.53 Å². The monoisotopic (exact) mass is 179 g/mol. The molecule has 1 N–H and O–H groups in total. The number of alkyl halides is 1. The normalized spacial score (nSPS) is 10.5. The van der Waals surface area contributed by atoms with E-state index in [0.717, 1.165) is 6.08 Å². The minimum atomic E-state index is -0.406. The molecule has 66 valence electrons. The van der Waals surface area contributed by atoms with Crippen LogP contribution in [0.15, 0.2) is 12.7 Å². The fraction of sp³-hybridized carbons (Fsp3) is 0.571. The van der Waals surface area contributed by atoms with Crippen LogP contribution < -0.4 is 5.32 Å². The smallest absolute Gasteiger partial charge is 0.331 e. The molecule has 4 heteroatoms. The molecule has 0 amide bonds. The van der Waals surface area contributed by atoms with Gasteiger partial charge in [-0.3, -0.25) is 5.32 Å². The molecule has 0 aliphatic rings. The van der Waals surface area contributed by atoms with E-state index in [1.807, 2.05) is 0 Å². The van der Waals surface area contributed by atoms with E-state index in [0.29, 0.717) is 0 Å². The molecule has 0 saturated heterocycles. The van der Waals surface area contributed by atoms with Crippen molar-refractivity contribution in [2.24, 2.45) is 0 Å². The van der Waals surface area contributed by atoms with Gasteiger partial charge < -0.3 is 4.74 Å². The molecule has 1 atom stereocenters. The Morgan fingerprint density at radius 2 is 2.18 bits per heavy atom. The van der Waals surface area contributed by atoms with Gasteiger partial charge >= 0.3 is 5.97 Å². The predicted molar refractivity (Wildman–Crippen MR) is 46.6 cm³/mol. The topological polar surface area (TPSA) is 38.3 Å². The zero-order chi connectivity index (χ0) is 9.28. The van der Waals surface area contributed by atoms with E-state index in [2.05, 4.69) is 28.2 Å². The fourth-order valence-electron chi connectivity index (χ4n) is 0.281. The van der Waals surface area contributed by atoms with Crippen molar-refractivity contribution >= 4 is 17.6 Å². The second kappa shape index (κ2) is 9.46. The first-order chi connectivity index (χ1) is 5.20. The molecule has 0 bridgehead atoms. The van der Waals surface area contributed by atoms with Crippen molar-refractivity contribution in [2.45, 2.75) is 13.2 Å². The van der Waals surface area contributed by atoms with E-state index in [-0.39, 0.29) is 6.23 Å². The van der Waals surface area contributed by atoms with Gasteiger partial charge in [0.25, 0.3) is 0 Å². The number of ether oxygens (including phenoxy) is 1. The Labute approximate surface area is 72.4 Å². The molecule has 0 radical (unpaired) electrons. The van der Waals surface area contributed by atoms with Crippen LogP contribution in [0.25, 0.3) is 0 Å².